The Morgan fingerprint density at radius 1 is 1.24 bits per heavy atom. The first-order valence-corrected chi connectivity index (χ1v) is 11.2. The zero-order valence-corrected chi connectivity index (χ0v) is 18.8. The highest BCUT2D eigenvalue weighted by Gasteiger charge is 2.23. The Kier molecular flexibility index (Phi) is 8.03. The van der Waals surface area contributed by atoms with Crippen LogP contribution < -0.4 is 10.6 Å². The van der Waals surface area contributed by atoms with Crippen molar-refractivity contribution < 1.29 is 4.74 Å². The first-order chi connectivity index (χ1) is 14.1. The van der Waals surface area contributed by atoms with Crippen LogP contribution in [0, 0.1) is 20.8 Å². The van der Waals surface area contributed by atoms with Gasteiger partial charge >= 0.3 is 0 Å². The number of benzene rings is 1. The van der Waals surface area contributed by atoms with Gasteiger partial charge in [-0.15, -0.1) is 11.3 Å². The zero-order valence-electron chi connectivity index (χ0n) is 18.0. The van der Waals surface area contributed by atoms with Gasteiger partial charge < -0.3 is 15.4 Å². The van der Waals surface area contributed by atoms with Gasteiger partial charge in [0.15, 0.2) is 5.96 Å². The molecule has 0 aliphatic carbocycles. The Balaban J connectivity index is 1.71. The molecule has 0 saturated carbocycles. The van der Waals surface area contributed by atoms with E-state index in [4.69, 9.17) is 9.73 Å². The molecule has 2 heterocycles. The molecule has 0 radical (unpaired) electrons. The van der Waals surface area contributed by atoms with Crippen molar-refractivity contribution in [2.75, 3.05) is 39.4 Å². The van der Waals surface area contributed by atoms with Gasteiger partial charge in [0.25, 0.3) is 0 Å². The minimum atomic E-state index is 0.284. The van der Waals surface area contributed by atoms with E-state index in [-0.39, 0.29) is 6.04 Å². The van der Waals surface area contributed by atoms with Gasteiger partial charge in [-0.25, -0.2) is 9.98 Å². The fourth-order valence-electron chi connectivity index (χ4n) is 3.51. The van der Waals surface area contributed by atoms with E-state index >= 15 is 0 Å². The maximum absolute atomic E-state index is 5.57. The molecule has 2 N–H and O–H groups in total. The second-order valence-corrected chi connectivity index (χ2v) is 8.69. The number of thiazole rings is 1. The highest BCUT2D eigenvalue weighted by atomic mass is 32.1. The largest absolute Gasteiger partial charge is 0.379 e. The number of hydrogen-bond acceptors (Lipinski definition) is 5. The van der Waals surface area contributed by atoms with Crippen LogP contribution in [0.4, 0.5) is 0 Å². The summed E-state index contributed by atoms with van der Waals surface area (Å²) in [5, 5.41) is 7.99. The maximum atomic E-state index is 5.57. The number of hydrogen-bond donors (Lipinski definition) is 2. The van der Waals surface area contributed by atoms with Crippen LogP contribution in [-0.4, -0.2) is 55.2 Å². The molecule has 1 aliphatic rings. The lowest BCUT2D eigenvalue weighted by atomic mass is 10.0. The van der Waals surface area contributed by atoms with Crippen LogP contribution in [0.15, 0.2) is 29.3 Å². The Bertz CT molecular complexity index is 794. The first-order valence-electron chi connectivity index (χ1n) is 10.4. The SMILES string of the molecule is CCNC(=NCc1nc(C)c(C)s1)NCC(c1cccc(C)c1)N1CCOCC1. The summed E-state index contributed by atoms with van der Waals surface area (Å²) in [6.45, 7) is 14.1. The quantitative estimate of drug-likeness (QED) is 0.537. The third-order valence-corrected chi connectivity index (χ3v) is 6.22. The number of rotatable bonds is 7. The average Bonchev–Trinajstić information content (AvgIpc) is 3.04. The summed E-state index contributed by atoms with van der Waals surface area (Å²) in [4.78, 5) is 13.1. The third kappa shape index (κ3) is 6.26. The van der Waals surface area contributed by atoms with E-state index in [0.29, 0.717) is 6.54 Å². The summed E-state index contributed by atoms with van der Waals surface area (Å²) in [6.07, 6.45) is 0. The monoisotopic (exact) mass is 415 g/mol. The van der Waals surface area contributed by atoms with Crippen LogP contribution in [0.2, 0.25) is 0 Å². The van der Waals surface area contributed by atoms with Gasteiger partial charge in [-0.05, 0) is 33.3 Å². The van der Waals surface area contributed by atoms with Gasteiger partial charge in [-0.3, -0.25) is 4.90 Å². The molecule has 158 valence electrons. The predicted molar refractivity (Wildman–Crippen MR) is 121 cm³/mol. The van der Waals surface area contributed by atoms with E-state index in [2.05, 4.69) is 72.5 Å². The van der Waals surface area contributed by atoms with Crippen molar-refractivity contribution in [1.29, 1.82) is 0 Å². The van der Waals surface area contributed by atoms with Gasteiger partial charge in [0, 0.05) is 31.1 Å². The van der Waals surface area contributed by atoms with E-state index in [9.17, 15) is 0 Å². The van der Waals surface area contributed by atoms with Crippen LogP contribution >= 0.6 is 11.3 Å². The number of aromatic nitrogens is 1. The molecule has 0 amide bonds. The van der Waals surface area contributed by atoms with Crippen molar-refractivity contribution in [2.45, 2.75) is 40.3 Å². The summed E-state index contributed by atoms with van der Waals surface area (Å²) in [7, 11) is 0. The molecule has 1 aliphatic heterocycles. The Morgan fingerprint density at radius 2 is 2.03 bits per heavy atom. The van der Waals surface area contributed by atoms with Gasteiger partial charge in [-0.2, -0.15) is 0 Å². The molecule has 1 unspecified atom stereocenters. The number of guanidine groups is 1. The third-order valence-electron chi connectivity index (χ3n) is 5.17. The number of ether oxygens (including phenoxy) is 1. The minimum absolute atomic E-state index is 0.284. The van der Waals surface area contributed by atoms with E-state index in [0.717, 1.165) is 56.1 Å². The smallest absolute Gasteiger partial charge is 0.191 e. The second-order valence-electron chi connectivity index (χ2n) is 7.40. The lowest BCUT2D eigenvalue weighted by Crippen LogP contribution is -2.46. The highest BCUT2D eigenvalue weighted by Crippen LogP contribution is 2.22. The summed E-state index contributed by atoms with van der Waals surface area (Å²) in [5.74, 6) is 0.837. The molecule has 2 aromatic rings. The molecular weight excluding hydrogens is 382 g/mol. The van der Waals surface area contributed by atoms with E-state index in [1.54, 1.807) is 11.3 Å². The van der Waals surface area contributed by atoms with Gasteiger partial charge in [-0.1, -0.05) is 29.8 Å². The summed E-state index contributed by atoms with van der Waals surface area (Å²) < 4.78 is 5.57. The van der Waals surface area contributed by atoms with Crippen molar-refractivity contribution in [3.63, 3.8) is 0 Å². The molecule has 1 atom stereocenters. The van der Waals surface area contributed by atoms with Crippen LogP contribution in [0.25, 0.3) is 0 Å². The molecule has 0 bridgehead atoms. The number of nitrogens with one attached hydrogen (secondary N) is 2. The lowest BCUT2D eigenvalue weighted by Gasteiger charge is -2.35. The van der Waals surface area contributed by atoms with E-state index in [1.807, 2.05) is 0 Å². The van der Waals surface area contributed by atoms with Crippen molar-refractivity contribution >= 4 is 17.3 Å². The van der Waals surface area contributed by atoms with Gasteiger partial charge in [0.1, 0.15) is 5.01 Å². The van der Waals surface area contributed by atoms with Gasteiger partial charge in [0.05, 0.1) is 31.5 Å². The second kappa shape index (κ2) is 10.7. The molecule has 3 rings (SSSR count). The lowest BCUT2D eigenvalue weighted by molar-refractivity contribution is 0.0170. The molecular formula is C22H33N5OS. The van der Waals surface area contributed by atoms with Crippen molar-refractivity contribution in [2.24, 2.45) is 4.99 Å². The average molecular weight is 416 g/mol. The Hall–Kier alpha value is -1.96. The zero-order chi connectivity index (χ0) is 20.6. The van der Waals surface area contributed by atoms with Crippen LogP contribution in [-0.2, 0) is 11.3 Å². The fourth-order valence-corrected chi connectivity index (χ4v) is 4.37. The molecule has 6 nitrogen and oxygen atoms in total. The first kappa shape index (κ1) is 21.7. The number of aliphatic imine (C=N–C) groups is 1. The number of nitrogens with zero attached hydrogens (tertiary/aromatic N) is 3. The predicted octanol–water partition coefficient (Wildman–Crippen LogP) is 3.20. The van der Waals surface area contributed by atoms with Crippen LogP contribution in [0.1, 0.15) is 39.7 Å². The molecule has 7 heteroatoms. The molecule has 29 heavy (non-hydrogen) atoms. The Labute approximate surface area is 178 Å². The topological polar surface area (TPSA) is 61.8 Å². The number of aryl methyl sites for hydroxylation is 3. The molecule has 1 aromatic carbocycles. The summed E-state index contributed by atoms with van der Waals surface area (Å²) in [5.41, 5.74) is 3.72. The van der Waals surface area contributed by atoms with Crippen LogP contribution in [0.5, 0.6) is 0 Å². The number of morpholine rings is 1. The van der Waals surface area contributed by atoms with E-state index in [1.165, 1.54) is 16.0 Å². The van der Waals surface area contributed by atoms with Crippen molar-refractivity contribution in [3.05, 3.63) is 51.0 Å². The minimum Gasteiger partial charge on any atom is -0.379 e. The standard InChI is InChI=1S/C22H33N5OS/c1-5-23-22(25-15-21-26-17(3)18(4)29-21)24-14-20(27-9-11-28-12-10-27)19-8-6-7-16(2)13-19/h6-8,13,20H,5,9-12,14-15H2,1-4H3,(H2,23,24,25). The van der Waals surface area contributed by atoms with Crippen LogP contribution in [0.3, 0.4) is 0 Å². The molecule has 1 saturated heterocycles. The molecule has 0 spiro atoms. The summed E-state index contributed by atoms with van der Waals surface area (Å²) >= 11 is 1.72. The molecule has 1 aromatic heterocycles. The fraction of sp³-hybridized carbons (Fsp3) is 0.545. The van der Waals surface area contributed by atoms with E-state index < -0.39 is 0 Å². The Morgan fingerprint density at radius 3 is 2.69 bits per heavy atom. The van der Waals surface area contributed by atoms with Gasteiger partial charge in [0.2, 0.25) is 0 Å². The van der Waals surface area contributed by atoms with Crippen molar-refractivity contribution in [1.82, 2.24) is 20.5 Å². The summed E-state index contributed by atoms with van der Waals surface area (Å²) in [6, 6.07) is 9.08. The molecule has 1 fully saturated rings. The van der Waals surface area contributed by atoms with Crippen molar-refractivity contribution in [3.8, 4) is 0 Å². The normalized spacial score (nSPS) is 16.6. The maximum Gasteiger partial charge on any atom is 0.191 e. The highest BCUT2D eigenvalue weighted by molar-refractivity contribution is 7.11.